The fourth-order valence-electron chi connectivity index (χ4n) is 3.17. The Balaban J connectivity index is 1.71. The molecule has 2 aromatic heterocycles. The number of H-pyrrole nitrogens is 1. The standard InChI is InChI=1S/C13H18BN7O7P/c14-29(24)25-3-5-7(28-29)8(27-13(23)17-2-1-15)11(26-5)21-4-18-6-9(21)19-12(16)20-10(6)22/h4-5,7-8,11,24H,1-3,15H2,(H,17,23)(H3,16,19,20,22)/q+1/t5-,7+,8?,11-,29?/m1/s1. The monoisotopic (exact) mass is 426 g/mol. The van der Waals surface area contributed by atoms with E-state index in [1.165, 1.54) is 10.9 Å². The molecular weight excluding hydrogens is 408 g/mol. The number of aromatic amines is 1. The van der Waals surface area contributed by atoms with Gasteiger partial charge < -0.3 is 26.3 Å². The number of hydrogen-bond acceptors (Lipinski definition) is 11. The molecule has 0 aromatic carbocycles. The summed E-state index contributed by atoms with van der Waals surface area (Å²) in [6.07, 6.45) is -3.21. The van der Waals surface area contributed by atoms with Crippen LogP contribution in [0.2, 0.25) is 0 Å². The van der Waals surface area contributed by atoms with E-state index < -0.39 is 44.0 Å². The lowest BCUT2D eigenvalue weighted by Crippen LogP contribution is -2.44. The van der Waals surface area contributed by atoms with Crippen molar-refractivity contribution in [3.05, 3.63) is 16.7 Å². The normalized spacial score (nSPS) is 31.5. The van der Waals surface area contributed by atoms with Crippen LogP contribution in [0, 0.1) is 0 Å². The first kappa shape index (κ1) is 20.0. The van der Waals surface area contributed by atoms with E-state index in [2.05, 4.69) is 20.3 Å². The molecule has 2 aromatic rings. The lowest BCUT2D eigenvalue weighted by atomic mass is 10.1. The van der Waals surface area contributed by atoms with Crippen molar-refractivity contribution in [3.8, 4) is 0 Å². The fraction of sp³-hybridized carbons (Fsp3) is 0.538. The molecule has 154 valence electrons. The van der Waals surface area contributed by atoms with Crippen molar-refractivity contribution in [2.45, 2.75) is 24.5 Å². The molecule has 1 amide bonds. The van der Waals surface area contributed by atoms with Gasteiger partial charge in [-0.1, -0.05) is 0 Å². The first-order valence-electron chi connectivity index (χ1n) is 8.54. The molecule has 0 saturated carbocycles. The van der Waals surface area contributed by atoms with E-state index in [0.717, 1.165) is 0 Å². The number of alkyl carbamates (subject to hydrolysis) is 1. The molecular formula is C13H18BN7O7P+. The number of aromatic nitrogens is 4. The van der Waals surface area contributed by atoms with Crippen LogP contribution >= 0.6 is 7.82 Å². The Labute approximate surface area is 164 Å². The molecule has 2 aliphatic rings. The van der Waals surface area contributed by atoms with E-state index >= 15 is 0 Å². The number of carbonyl (C=O) groups is 1. The smallest absolute Gasteiger partial charge is 0.438 e. The van der Waals surface area contributed by atoms with Crippen molar-refractivity contribution >= 4 is 38.6 Å². The summed E-state index contributed by atoms with van der Waals surface area (Å²) in [5.74, 6) is -0.125. The van der Waals surface area contributed by atoms with Gasteiger partial charge >= 0.3 is 21.5 Å². The summed E-state index contributed by atoms with van der Waals surface area (Å²) in [5.41, 5.74) is 10.6. The van der Waals surface area contributed by atoms with Crippen molar-refractivity contribution in [1.82, 2.24) is 24.8 Å². The maximum atomic E-state index is 12.1. The number of nitrogen functional groups attached to an aromatic ring is 1. The van der Waals surface area contributed by atoms with E-state index in [4.69, 9.17) is 37.6 Å². The van der Waals surface area contributed by atoms with Gasteiger partial charge in [-0.2, -0.15) is 14.0 Å². The zero-order valence-corrected chi connectivity index (χ0v) is 15.8. The summed E-state index contributed by atoms with van der Waals surface area (Å²) < 4.78 is 23.3. The summed E-state index contributed by atoms with van der Waals surface area (Å²) in [7, 11) is 2.00. The fourth-order valence-corrected chi connectivity index (χ4v) is 4.20. The predicted octanol–water partition coefficient (Wildman–Crippen LogP) is -2.09. The first-order chi connectivity index (χ1) is 13.8. The van der Waals surface area contributed by atoms with Gasteiger partial charge in [-0.25, -0.2) is 14.7 Å². The zero-order valence-electron chi connectivity index (χ0n) is 14.9. The van der Waals surface area contributed by atoms with Crippen molar-refractivity contribution in [2.24, 2.45) is 5.73 Å². The lowest BCUT2D eigenvalue weighted by Gasteiger charge is -2.29. The second-order valence-corrected chi connectivity index (χ2v) is 7.95. The topological polar surface area (TPSA) is 202 Å². The number of anilines is 1. The highest BCUT2D eigenvalue weighted by Gasteiger charge is 2.59. The van der Waals surface area contributed by atoms with Crippen molar-refractivity contribution in [2.75, 3.05) is 25.4 Å². The Bertz CT molecular complexity index is 984. The number of nitrogens with two attached hydrogens (primary N) is 2. The van der Waals surface area contributed by atoms with E-state index in [0.29, 0.717) is 0 Å². The minimum absolute atomic E-state index is 0.0176. The Morgan fingerprint density at radius 3 is 3.14 bits per heavy atom. The molecule has 7 N–H and O–H groups in total. The maximum Gasteiger partial charge on any atom is 0.488 e. The molecule has 2 saturated heterocycles. The maximum absolute atomic E-state index is 12.1. The SMILES string of the molecule is [B][P+]1(O)OC[C@H]2O[C@@H](n3cnc4c(=O)[nH]c(N)nc43)C(OC(=O)NCCN)[C@H]2O1. The second-order valence-electron chi connectivity index (χ2n) is 6.36. The average Bonchev–Trinajstić information content (AvgIpc) is 3.21. The number of hydrogen-bond donors (Lipinski definition) is 5. The van der Waals surface area contributed by atoms with Crippen molar-refractivity contribution in [3.63, 3.8) is 0 Å². The van der Waals surface area contributed by atoms with Gasteiger partial charge in [-0.15, -0.1) is 0 Å². The molecule has 14 nitrogen and oxygen atoms in total. The molecule has 0 aliphatic carbocycles. The second kappa shape index (κ2) is 7.52. The lowest BCUT2D eigenvalue weighted by molar-refractivity contribution is -0.0606. The summed E-state index contributed by atoms with van der Waals surface area (Å²) >= 11 is 0. The minimum Gasteiger partial charge on any atom is -0.438 e. The summed E-state index contributed by atoms with van der Waals surface area (Å²) in [4.78, 5) is 44.6. The Morgan fingerprint density at radius 1 is 1.59 bits per heavy atom. The van der Waals surface area contributed by atoms with E-state index in [9.17, 15) is 14.5 Å². The molecule has 2 radical (unpaired) electrons. The van der Waals surface area contributed by atoms with Crippen LogP contribution in [-0.4, -0.2) is 76.1 Å². The van der Waals surface area contributed by atoms with Crippen molar-refractivity contribution < 1.29 is 28.2 Å². The molecule has 4 heterocycles. The van der Waals surface area contributed by atoms with Gasteiger partial charge in [0, 0.05) is 13.1 Å². The number of nitrogens with zero attached hydrogens (tertiary/aromatic N) is 3. The van der Waals surface area contributed by atoms with Crippen molar-refractivity contribution in [1.29, 1.82) is 0 Å². The Morgan fingerprint density at radius 2 is 2.38 bits per heavy atom. The van der Waals surface area contributed by atoms with Gasteiger partial charge in [0.05, 0.1) is 6.33 Å². The highest BCUT2D eigenvalue weighted by atomic mass is 31.2. The minimum atomic E-state index is -3.60. The molecule has 29 heavy (non-hydrogen) atoms. The molecule has 5 atom stereocenters. The van der Waals surface area contributed by atoms with Gasteiger partial charge in [0.2, 0.25) is 5.95 Å². The van der Waals surface area contributed by atoms with Gasteiger partial charge in [0.15, 0.2) is 29.6 Å². The number of amides is 1. The van der Waals surface area contributed by atoms with Crippen LogP contribution in [0.1, 0.15) is 6.23 Å². The summed E-state index contributed by atoms with van der Waals surface area (Å²) in [5, 5.41) is 2.47. The number of ether oxygens (including phenoxy) is 2. The third-order valence-electron chi connectivity index (χ3n) is 4.36. The largest absolute Gasteiger partial charge is 0.488 e. The number of imidazole rings is 1. The molecule has 16 heteroatoms. The van der Waals surface area contributed by atoms with E-state index in [-0.39, 0.29) is 36.8 Å². The summed E-state index contributed by atoms with van der Waals surface area (Å²) in [6, 6.07) is 0. The molecule has 0 bridgehead atoms. The molecule has 4 rings (SSSR count). The number of nitrogens with one attached hydrogen (secondary N) is 2. The van der Waals surface area contributed by atoms with Crippen LogP contribution in [0.3, 0.4) is 0 Å². The van der Waals surface area contributed by atoms with E-state index in [1.807, 2.05) is 0 Å². The van der Waals surface area contributed by atoms with Crippen LogP contribution in [-0.2, 0) is 18.5 Å². The quantitative estimate of drug-likeness (QED) is 0.265. The number of rotatable bonds is 4. The molecule has 0 spiro atoms. The van der Waals surface area contributed by atoms with Crippen LogP contribution in [0.5, 0.6) is 0 Å². The molecule has 2 fully saturated rings. The predicted molar refractivity (Wildman–Crippen MR) is 99.5 cm³/mol. The third-order valence-corrected chi connectivity index (χ3v) is 5.43. The Hall–Kier alpha value is -2.29. The van der Waals surface area contributed by atoms with Crippen LogP contribution in [0.25, 0.3) is 11.2 Å². The van der Waals surface area contributed by atoms with Gasteiger partial charge in [-0.05, 0) is 0 Å². The third kappa shape index (κ3) is 3.80. The highest BCUT2D eigenvalue weighted by molar-refractivity contribution is 7.85. The van der Waals surface area contributed by atoms with Crippen LogP contribution in [0.15, 0.2) is 11.1 Å². The first-order valence-corrected chi connectivity index (χ1v) is 10.2. The van der Waals surface area contributed by atoms with Crippen LogP contribution < -0.4 is 22.3 Å². The number of fused-ring (bicyclic) bond motifs is 2. The zero-order chi connectivity index (χ0) is 20.8. The van der Waals surface area contributed by atoms with E-state index in [1.54, 1.807) is 0 Å². The summed E-state index contributed by atoms with van der Waals surface area (Å²) in [6.45, 7) is 0.307. The van der Waals surface area contributed by atoms with Gasteiger partial charge in [0.25, 0.3) is 5.56 Å². The number of carbonyl (C=O) groups excluding carboxylic acids is 1. The highest BCUT2D eigenvalue weighted by Crippen LogP contribution is 2.58. The van der Waals surface area contributed by atoms with Crippen LogP contribution in [0.4, 0.5) is 10.7 Å². The molecule has 2 aliphatic heterocycles. The average molecular weight is 426 g/mol. The Kier molecular flexibility index (Phi) is 5.19. The van der Waals surface area contributed by atoms with Gasteiger partial charge in [-0.3, -0.25) is 14.3 Å². The molecule has 2 unspecified atom stereocenters. The van der Waals surface area contributed by atoms with Gasteiger partial charge in [0.1, 0.15) is 12.7 Å².